The van der Waals surface area contributed by atoms with Crippen molar-refractivity contribution in [3.8, 4) is 0 Å². The number of benzene rings is 1. The molecule has 1 aromatic carbocycles. The molecule has 0 saturated heterocycles. The number of ether oxygens (including phenoxy) is 1. The summed E-state index contributed by atoms with van der Waals surface area (Å²) in [4.78, 5) is 11.1. The van der Waals surface area contributed by atoms with Crippen LogP contribution in [0.3, 0.4) is 0 Å². The number of methoxy groups -OCH3 is 1. The van der Waals surface area contributed by atoms with E-state index in [0.29, 0.717) is 0 Å². The third-order valence-corrected chi connectivity index (χ3v) is 2.18. The summed E-state index contributed by atoms with van der Waals surface area (Å²) in [6.07, 6.45) is 0.0136. The van der Waals surface area contributed by atoms with Gasteiger partial charge in [0, 0.05) is 12.8 Å². The van der Waals surface area contributed by atoms with E-state index >= 15 is 0 Å². The van der Waals surface area contributed by atoms with Crippen LogP contribution in [0.5, 0.6) is 0 Å². The highest BCUT2D eigenvalue weighted by atomic mass is 16.5. The van der Waals surface area contributed by atoms with E-state index in [9.17, 15) is 4.79 Å². The van der Waals surface area contributed by atoms with Gasteiger partial charge in [0.1, 0.15) is 0 Å². The second-order valence-corrected chi connectivity index (χ2v) is 3.26. The number of carbonyl (C=O) groups is 1. The Morgan fingerprint density at radius 2 is 2.33 bits per heavy atom. The molecule has 0 heterocycles. The zero-order chi connectivity index (χ0) is 11.3. The number of amides is 1. The van der Waals surface area contributed by atoms with Crippen LogP contribution in [-0.4, -0.2) is 19.6 Å². The van der Waals surface area contributed by atoms with Gasteiger partial charge in [-0.2, -0.15) is 0 Å². The summed E-state index contributed by atoms with van der Waals surface area (Å²) in [7, 11) is 1.65. The normalized spacial score (nSPS) is 12.2. The standard InChI is InChI=1S/C11H16N2O2/c1-8(15-2)9-4-3-5-10(6-9)13-11(14)7-12/h3-6,8H,7,12H2,1-2H3,(H,13,14). The molecule has 15 heavy (non-hydrogen) atoms. The highest BCUT2D eigenvalue weighted by Gasteiger charge is 2.05. The van der Waals surface area contributed by atoms with E-state index in [0.717, 1.165) is 11.3 Å². The van der Waals surface area contributed by atoms with Gasteiger partial charge in [0.15, 0.2) is 0 Å². The van der Waals surface area contributed by atoms with E-state index in [1.165, 1.54) is 0 Å². The van der Waals surface area contributed by atoms with Crippen molar-refractivity contribution in [1.82, 2.24) is 0 Å². The third kappa shape index (κ3) is 3.34. The molecule has 0 aliphatic carbocycles. The van der Waals surface area contributed by atoms with Crippen molar-refractivity contribution in [2.45, 2.75) is 13.0 Å². The van der Waals surface area contributed by atoms with Crippen molar-refractivity contribution in [2.24, 2.45) is 5.73 Å². The van der Waals surface area contributed by atoms with E-state index in [2.05, 4.69) is 5.32 Å². The molecule has 0 bridgehead atoms. The van der Waals surface area contributed by atoms with Crippen molar-refractivity contribution < 1.29 is 9.53 Å². The van der Waals surface area contributed by atoms with Gasteiger partial charge in [-0.05, 0) is 24.6 Å². The summed E-state index contributed by atoms with van der Waals surface area (Å²) < 4.78 is 5.19. The zero-order valence-electron chi connectivity index (χ0n) is 8.99. The van der Waals surface area contributed by atoms with Gasteiger partial charge in [-0.1, -0.05) is 12.1 Å². The number of nitrogens with one attached hydrogen (secondary N) is 1. The zero-order valence-corrected chi connectivity index (χ0v) is 8.99. The molecule has 0 aliphatic rings. The predicted octanol–water partition coefficient (Wildman–Crippen LogP) is 1.29. The molecule has 0 saturated carbocycles. The van der Waals surface area contributed by atoms with Gasteiger partial charge in [0.25, 0.3) is 0 Å². The molecule has 4 heteroatoms. The van der Waals surface area contributed by atoms with Gasteiger partial charge >= 0.3 is 0 Å². The molecular weight excluding hydrogens is 192 g/mol. The minimum Gasteiger partial charge on any atom is -0.377 e. The second-order valence-electron chi connectivity index (χ2n) is 3.26. The molecule has 0 radical (unpaired) electrons. The lowest BCUT2D eigenvalue weighted by Crippen LogP contribution is -2.21. The lowest BCUT2D eigenvalue weighted by atomic mass is 10.1. The Morgan fingerprint density at radius 1 is 1.60 bits per heavy atom. The maximum absolute atomic E-state index is 11.1. The first-order valence-corrected chi connectivity index (χ1v) is 4.80. The van der Waals surface area contributed by atoms with Crippen LogP contribution in [-0.2, 0) is 9.53 Å². The predicted molar refractivity (Wildman–Crippen MR) is 59.6 cm³/mol. The number of rotatable bonds is 4. The minimum absolute atomic E-state index is 0.00986. The van der Waals surface area contributed by atoms with Gasteiger partial charge in [-0.25, -0.2) is 0 Å². The molecule has 0 aliphatic heterocycles. The highest BCUT2D eigenvalue weighted by Crippen LogP contribution is 2.19. The van der Waals surface area contributed by atoms with Crippen LogP contribution in [0.4, 0.5) is 5.69 Å². The molecule has 1 aromatic rings. The van der Waals surface area contributed by atoms with Gasteiger partial charge < -0.3 is 15.8 Å². The Balaban J connectivity index is 2.78. The first-order valence-electron chi connectivity index (χ1n) is 4.80. The number of nitrogens with two attached hydrogens (primary N) is 1. The van der Waals surface area contributed by atoms with E-state index in [4.69, 9.17) is 10.5 Å². The van der Waals surface area contributed by atoms with Crippen LogP contribution in [0, 0.1) is 0 Å². The van der Waals surface area contributed by atoms with E-state index < -0.39 is 0 Å². The summed E-state index contributed by atoms with van der Waals surface area (Å²) in [5, 5.41) is 2.69. The number of carbonyl (C=O) groups excluding carboxylic acids is 1. The van der Waals surface area contributed by atoms with E-state index in [1.807, 2.05) is 31.2 Å². The molecular formula is C11H16N2O2. The molecule has 1 rings (SSSR count). The summed E-state index contributed by atoms with van der Waals surface area (Å²) in [6, 6.07) is 7.52. The fourth-order valence-corrected chi connectivity index (χ4v) is 1.22. The average Bonchev–Trinajstić information content (AvgIpc) is 2.28. The average molecular weight is 208 g/mol. The van der Waals surface area contributed by atoms with E-state index in [-0.39, 0.29) is 18.6 Å². The van der Waals surface area contributed by atoms with Crippen LogP contribution in [0.2, 0.25) is 0 Å². The van der Waals surface area contributed by atoms with Gasteiger partial charge in [-0.3, -0.25) is 4.79 Å². The SMILES string of the molecule is COC(C)c1cccc(NC(=O)CN)c1. The molecule has 1 amide bonds. The number of hydrogen-bond donors (Lipinski definition) is 2. The smallest absolute Gasteiger partial charge is 0.238 e. The number of anilines is 1. The van der Waals surface area contributed by atoms with Gasteiger partial charge in [0.2, 0.25) is 5.91 Å². The van der Waals surface area contributed by atoms with Crippen LogP contribution < -0.4 is 11.1 Å². The second kappa shape index (κ2) is 5.48. The molecule has 0 aromatic heterocycles. The summed E-state index contributed by atoms with van der Waals surface area (Å²) in [6.45, 7) is 1.94. The van der Waals surface area contributed by atoms with Crippen molar-refractivity contribution in [1.29, 1.82) is 0 Å². The Bertz CT molecular complexity index is 339. The molecule has 3 N–H and O–H groups in total. The van der Waals surface area contributed by atoms with Crippen LogP contribution in [0.25, 0.3) is 0 Å². The fraction of sp³-hybridized carbons (Fsp3) is 0.364. The third-order valence-electron chi connectivity index (χ3n) is 2.18. The monoisotopic (exact) mass is 208 g/mol. The van der Waals surface area contributed by atoms with Crippen molar-refractivity contribution >= 4 is 11.6 Å². The van der Waals surface area contributed by atoms with Crippen LogP contribution in [0.15, 0.2) is 24.3 Å². The molecule has 0 fully saturated rings. The minimum atomic E-state index is -0.197. The summed E-state index contributed by atoms with van der Waals surface area (Å²) >= 11 is 0. The Hall–Kier alpha value is -1.39. The van der Waals surface area contributed by atoms with Crippen molar-refractivity contribution in [2.75, 3.05) is 19.0 Å². The van der Waals surface area contributed by atoms with Crippen LogP contribution in [0.1, 0.15) is 18.6 Å². The lowest BCUT2D eigenvalue weighted by Gasteiger charge is -2.11. The van der Waals surface area contributed by atoms with Gasteiger partial charge in [0.05, 0.1) is 12.6 Å². The maximum atomic E-state index is 11.1. The van der Waals surface area contributed by atoms with Crippen LogP contribution >= 0.6 is 0 Å². The lowest BCUT2D eigenvalue weighted by molar-refractivity contribution is -0.114. The first-order chi connectivity index (χ1) is 7.17. The first kappa shape index (κ1) is 11.7. The van der Waals surface area contributed by atoms with E-state index in [1.54, 1.807) is 7.11 Å². The number of hydrogen-bond acceptors (Lipinski definition) is 3. The summed E-state index contributed by atoms with van der Waals surface area (Å²) in [5.41, 5.74) is 6.97. The fourth-order valence-electron chi connectivity index (χ4n) is 1.22. The van der Waals surface area contributed by atoms with Gasteiger partial charge in [-0.15, -0.1) is 0 Å². The Kier molecular flexibility index (Phi) is 4.27. The largest absolute Gasteiger partial charge is 0.377 e. The Morgan fingerprint density at radius 3 is 2.93 bits per heavy atom. The molecule has 82 valence electrons. The van der Waals surface area contributed by atoms with Crippen molar-refractivity contribution in [3.63, 3.8) is 0 Å². The topological polar surface area (TPSA) is 64.3 Å². The molecule has 4 nitrogen and oxygen atoms in total. The summed E-state index contributed by atoms with van der Waals surface area (Å²) in [5.74, 6) is -0.197. The maximum Gasteiger partial charge on any atom is 0.238 e. The molecule has 1 atom stereocenters. The Labute approximate surface area is 89.4 Å². The molecule has 0 spiro atoms. The molecule has 1 unspecified atom stereocenters. The quantitative estimate of drug-likeness (QED) is 0.783. The van der Waals surface area contributed by atoms with Crippen molar-refractivity contribution in [3.05, 3.63) is 29.8 Å². The highest BCUT2D eigenvalue weighted by molar-refractivity contribution is 5.92.